The fraction of sp³-hybridized carbons (Fsp3) is 0.778. The molecule has 0 unspecified atom stereocenters. The average molecular weight is 238 g/mol. The van der Waals surface area contributed by atoms with E-state index in [1.54, 1.807) is 0 Å². The fourth-order valence-corrected chi connectivity index (χ4v) is 3.38. The molecule has 0 spiro atoms. The Balaban J connectivity index is 2.50. The zero-order valence-corrected chi connectivity index (χ0v) is 9.70. The van der Waals surface area contributed by atoms with Crippen molar-refractivity contribution in [3.05, 3.63) is 11.6 Å². The number of halogens is 1. The molecule has 14 heavy (non-hydrogen) atoms. The first-order valence-corrected chi connectivity index (χ1v) is 6.76. The van der Waals surface area contributed by atoms with Gasteiger partial charge in [-0.1, -0.05) is 37.4 Å². The molecule has 1 aliphatic rings. The zero-order chi connectivity index (χ0) is 10.6. The van der Waals surface area contributed by atoms with Gasteiger partial charge in [0.2, 0.25) is 10.0 Å². The molecular formula is C9H16ClNO2S. The highest BCUT2D eigenvalue weighted by molar-refractivity contribution is 7.90. The van der Waals surface area contributed by atoms with Gasteiger partial charge in [-0.2, -0.15) is 0 Å². The Hall–Kier alpha value is -0.0600. The summed E-state index contributed by atoms with van der Waals surface area (Å²) in [7, 11) is -3.17. The van der Waals surface area contributed by atoms with E-state index in [1.165, 1.54) is 0 Å². The first-order chi connectivity index (χ1) is 6.52. The lowest BCUT2D eigenvalue weighted by atomic mass is 10.0. The standard InChI is InChI=1S/C9H16ClNO2S/c1-8(10)7-11-14(12,13)9-5-3-2-4-6-9/h9,11H,1-7H2. The third kappa shape index (κ3) is 3.59. The van der Waals surface area contributed by atoms with Crippen molar-refractivity contribution in [2.24, 2.45) is 0 Å². The smallest absolute Gasteiger partial charge is 0.212 e. The molecule has 0 saturated heterocycles. The molecule has 0 aromatic carbocycles. The van der Waals surface area contributed by atoms with Crippen LogP contribution in [0.1, 0.15) is 32.1 Å². The van der Waals surface area contributed by atoms with Gasteiger partial charge in [0, 0.05) is 11.6 Å². The Morgan fingerprint density at radius 2 is 1.93 bits per heavy atom. The molecule has 0 atom stereocenters. The molecule has 0 aromatic rings. The van der Waals surface area contributed by atoms with Gasteiger partial charge in [-0.15, -0.1) is 0 Å². The van der Waals surface area contributed by atoms with Crippen LogP contribution in [-0.4, -0.2) is 20.2 Å². The van der Waals surface area contributed by atoms with E-state index in [-0.39, 0.29) is 11.8 Å². The summed E-state index contributed by atoms with van der Waals surface area (Å²) in [4.78, 5) is 0. The molecule has 1 rings (SSSR count). The van der Waals surface area contributed by atoms with Crippen LogP contribution in [0.3, 0.4) is 0 Å². The van der Waals surface area contributed by atoms with Gasteiger partial charge >= 0.3 is 0 Å². The lowest BCUT2D eigenvalue weighted by molar-refractivity contribution is 0.479. The molecule has 1 saturated carbocycles. The highest BCUT2D eigenvalue weighted by Crippen LogP contribution is 2.22. The van der Waals surface area contributed by atoms with Crippen LogP contribution in [0, 0.1) is 0 Å². The van der Waals surface area contributed by atoms with Gasteiger partial charge in [-0.05, 0) is 12.8 Å². The third-order valence-corrected chi connectivity index (χ3v) is 4.49. The summed E-state index contributed by atoms with van der Waals surface area (Å²) >= 11 is 5.50. The third-order valence-electron chi connectivity index (χ3n) is 2.46. The lowest BCUT2D eigenvalue weighted by Crippen LogP contribution is -2.36. The SMILES string of the molecule is C=C(Cl)CNS(=O)(=O)C1CCCCC1. The van der Waals surface area contributed by atoms with Crippen molar-refractivity contribution < 1.29 is 8.42 Å². The number of hydrogen-bond acceptors (Lipinski definition) is 2. The van der Waals surface area contributed by atoms with Crippen molar-refractivity contribution in [2.45, 2.75) is 37.4 Å². The van der Waals surface area contributed by atoms with Crippen LogP contribution in [-0.2, 0) is 10.0 Å². The molecule has 82 valence electrons. The summed E-state index contributed by atoms with van der Waals surface area (Å²) < 4.78 is 25.8. The molecule has 0 aliphatic heterocycles. The lowest BCUT2D eigenvalue weighted by Gasteiger charge is -2.21. The summed E-state index contributed by atoms with van der Waals surface area (Å²) in [5.41, 5.74) is 0. The van der Waals surface area contributed by atoms with E-state index in [9.17, 15) is 8.42 Å². The van der Waals surface area contributed by atoms with Gasteiger partial charge < -0.3 is 0 Å². The summed E-state index contributed by atoms with van der Waals surface area (Å²) in [5.74, 6) is 0. The van der Waals surface area contributed by atoms with Crippen LogP contribution >= 0.6 is 11.6 Å². The maximum Gasteiger partial charge on any atom is 0.214 e. The summed E-state index contributed by atoms with van der Waals surface area (Å²) in [6.07, 6.45) is 4.70. The minimum absolute atomic E-state index is 0.139. The second kappa shape index (κ2) is 5.14. The van der Waals surface area contributed by atoms with E-state index in [0.29, 0.717) is 5.03 Å². The average Bonchev–Trinajstić information content (AvgIpc) is 2.16. The molecule has 1 fully saturated rings. The Morgan fingerprint density at radius 1 is 1.36 bits per heavy atom. The van der Waals surface area contributed by atoms with E-state index >= 15 is 0 Å². The van der Waals surface area contributed by atoms with Crippen molar-refractivity contribution in [2.75, 3.05) is 6.54 Å². The van der Waals surface area contributed by atoms with Crippen LogP contribution in [0.25, 0.3) is 0 Å². The fourth-order valence-electron chi connectivity index (χ4n) is 1.67. The number of sulfonamides is 1. The van der Waals surface area contributed by atoms with Crippen molar-refractivity contribution >= 4 is 21.6 Å². The Bertz CT molecular complexity index is 294. The van der Waals surface area contributed by atoms with E-state index < -0.39 is 10.0 Å². The predicted molar refractivity (Wildman–Crippen MR) is 58.8 cm³/mol. The molecule has 0 radical (unpaired) electrons. The van der Waals surface area contributed by atoms with Crippen molar-refractivity contribution in [3.8, 4) is 0 Å². The van der Waals surface area contributed by atoms with Gasteiger partial charge in [0.15, 0.2) is 0 Å². The molecular weight excluding hydrogens is 222 g/mol. The van der Waals surface area contributed by atoms with Gasteiger partial charge in [-0.25, -0.2) is 13.1 Å². The van der Waals surface area contributed by atoms with Crippen LogP contribution in [0.4, 0.5) is 0 Å². The minimum Gasteiger partial charge on any atom is -0.212 e. The number of hydrogen-bond donors (Lipinski definition) is 1. The van der Waals surface area contributed by atoms with Gasteiger partial charge in [0.05, 0.1) is 5.25 Å². The van der Waals surface area contributed by atoms with Crippen LogP contribution in [0.15, 0.2) is 11.6 Å². The van der Waals surface area contributed by atoms with Crippen LogP contribution in [0.2, 0.25) is 0 Å². The van der Waals surface area contributed by atoms with Crippen LogP contribution in [0.5, 0.6) is 0 Å². The topological polar surface area (TPSA) is 46.2 Å². The van der Waals surface area contributed by atoms with Gasteiger partial charge in [-0.3, -0.25) is 0 Å². The molecule has 5 heteroatoms. The van der Waals surface area contributed by atoms with E-state index in [1.807, 2.05) is 0 Å². The Kier molecular flexibility index (Phi) is 4.41. The van der Waals surface area contributed by atoms with E-state index in [4.69, 9.17) is 11.6 Å². The van der Waals surface area contributed by atoms with E-state index in [0.717, 1.165) is 32.1 Å². The second-order valence-corrected chi connectivity index (χ2v) is 6.22. The largest absolute Gasteiger partial charge is 0.214 e. The molecule has 0 bridgehead atoms. The number of nitrogens with one attached hydrogen (secondary N) is 1. The predicted octanol–water partition coefficient (Wildman–Crippen LogP) is 1.99. The molecule has 0 amide bonds. The van der Waals surface area contributed by atoms with Gasteiger partial charge in [0.1, 0.15) is 0 Å². The highest BCUT2D eigenvalue weighted by Gasteiger charge is 2.26. The summed E-state index contributed by atoms with van der Waals surface area (Å²) in [6, 6.07) is 0. The Morgan fingerprint density at radius 3 is 2.43 bits per heavy atom. The molecule has 0 aromatic heterocycles. The first-order valence-electron chi connectivity index (χ1n) is 4.84. The summed E-state index contributed by atoms with van der Waals surface area (Å²) in [6.45, 7) is 3.58. The molecule has 0 heterocycles. The van der Waals surface area contributed by atoms with E-state index in [2.05, 4.69) is 11.3 Å². The first kappa shape index (κ1) is 12.0. The van der Waals surface area contributed by atoms with Crippen LogP contribution < -0.4 is 4.72 Å². The van der Waals surface area contributed by atoms with Crippen molar-refractivity contribution in [3.63, 3.8) is 0 Å². The summed E-state index contributed by atoms with van der Waals surface area (Å²) in [5, 5.41) is 0.0941. The monoisotopic (exact) mass is 237 g/mol. The number of rotatable bonds is 4. The van der Waals surface area contributed by atoms with Crippen molar-refractivity contribution in [1.29, 1.82) is 0 Å². The maximum absolute atomic E-state index is 11.7. The molecule has 3 nitrogen and oxygen atoms in total. The molecule has 1 N–H and O–H groups in total. The molecule has 1 aliphatic carbocycles. The normalized spacial score (nSPS) is 19.5. The van der Waals surface area contributed by atoms with Crippen molar-refractivity contribution in [1.82, 2.24) is 4.72 Å². The Labute approximate surface area is 90.6 Å². The maximum atomic E-state index is 11.7. The van der Waals surface area contributed by atoms with Gasteiger partial charge in [0.25, 0.3) is 0 Å². The minimum atomic E-state index is -3.17. The second-order valence-electron chi connectivity index (χ2n) is 3.64. The quantitative estimate of drug-likeness (QED) is 0.813. The highest BCUT2D eigenvalue weighted by atomic mass is 35.5. The zero-order valence-electron chi connectivity index (χ0n) is 8.13.